The van der Waals surface area contributed by atoms with Gasteiger partial charge in [-0.25, -0.2) is 0 Å². The molecule has 5 nitrogen and oxygen atoms in total. The average molecular weight is 361 g/mol. The first kappa shape index (κ1) is 28.0. The van der Waals surface area contributed by atoms with Gasteiger partial charge in [0.25, 0.3) is 0 Å². The monoisotopic (exact) mass is 360 g/mol. The highest BCUT2D eigenvalue weighted by Crippen LogP contribution is 2.19. The Morgan fingerprint density at radius 2 is 1.54 bits per heavy atom. The number of hydrogen-bond acceptors (Lipinski definition) is 4. The van der Waals surface area contributed by atoms with E-state index in [0.717, 1.165) is 11.1 Å². The highest BCUT2D eigenvalue weighted by Gasteiger charge is 2.09. The van der Waals surface area contributed by atoms with Crippen LogP contribution in [-0.4, -0.2) is 12.5 Å². The van der Waals surface area contributed by atoms with Gasteiger partial charge in [0.05, 0.1) is 11.4 Å². The Bertz CT molecular complexity index is 602. The molecule has 0 unspecified atom stereocenters. The van der Waals surface area contributed by atoms with Gasteiger partial charge < -0.3 is 22.9 Å². The van der Waals surface area contributed by atoms with Gasteiger partial charge >= 0.3 is 0 Å². The zero-order valence-electron chi connectivity index (χ0n) is 16.9. The van der Waals surface area contributed by atoms with Gasteiger partial charge in [-0.3, -0.25) is 4.79 Å². The molecular formula is C21H36N4O. The molecule has 1 aromatic carbocycles. The molecule has 1 aromatic rings. The van der Waals surface area contributed by atoms with Gasteiger partial charge in [-0.15, -0.1) is 0 Å². The molecule has 0 heterocycles. The fraction of sp³-hybridized carbons (Fsp3) is 0.286. The standard InChI is InChI=1S/C17H21N3O.2C2H6.H3N/c1-4-13(11-20-12(3)21)15(5-2)17(19)16(18)14-9-7-6-8-10-14;2*1-2;/h4-10H,1-2,11,18-19H2,3H3,(H,20,21);2*1-2H3;1H3/b15-13-,17-16-;;;. The number of carbonyl (C=O) groups is 1. The lowest BCUT2D eigenvalue weighted by molar-refractivity contribution is -0.118. The second-order valence-electron chi connectivity index (χ2n) is 4.45. The second kappa shape index (κ2) is 17.0. The van der Waals surface area contributed by atoms with E-state index in [-0.39, 0.29) is 12.1 Å². The molecule has 5 heteroatoms. The molecule has 0 aliphatic rings. The van der Waals surface area contributed by atoms with Crippen molar-refractivity contribution in [2.45, 2.75) is 34.6 Å². The number of carbonyl (C=O) groups excluding carboxylic acids is 1. The Hall–Kier alpha value is -2.79. The SMILES string of the molecule is C=C/C(CNC(C)=O)=C(C=C)/C(N)=C(/N)c1ccccc1.CC.CC.N. The van der Waals surface area contributed by atoms with Crippen molar-refractivity contribution in [3.63, 3.8) is 0 Å². The predicted octanol–water partition coefficient (Wildman–Crippen LogP) is 4.29. The maximum absolute atomic E-state index is 11.0. The van der Waals surface area contributed by atoms with Crippen molar-refractivity contribution in [2.75, 3.05) is 6.54 Å². The molecule has 0 bridgehead atoms. The first-order valence-corrected chi connectivity index (χ1v) is 8.54. The van der Waals surface area contributed by atoms with Crippen LogP contribution in [-0.2, 0) is 4.79 Å². The maximum atomic E-state index is 11.0. The number of amides is 1. The van der Waals surface area contributed by atoms with Crippen LogP contribution in [0.3, 0.4) is 0 Å². The van der Waals surface area contributed by atoms with Crippen molar-refractivity contribution in [3.05, 3.63) is 78.0 Å². The lowest BCUT2D eigenvalue weighted by atomic mass is 10.0. The fourth-order valence-electron chi connectivity index (χ4n) is 1.83. The van der Waals surface area contributed by atoms with Crippen LogP contribution in [0.5, 0.6) is 0 Å². The van der Waals surface area contributed by atoms with Crippen molar-refractivity contribution >= 4 is 11.6 Å². The Labute approximate surface area is 159 Å². The third kappa shape index (κ3) is 9.49. The minimum absolute atomic E-state index is 0. The van der Waals surface area contributed by atoms with E-state index in [2.05, 4.69) is 18.5 Å². The van der Waals surface area contributed by atoms with Crippen molar-refractivity contribution in [2.24, 2.45) is 11.5 Å². The number of hydrogen-bond donors (Lipinski definition) is 4. The van der Waals surface area contributed by atoms with Crippen LogP contribution >= 0.6 is 0 Å². The lowest BCUT2D eigenvalue weighted by Gasteiger charge is -2.13. The van der Waals surface area contributed by atoms with E-state index < -0.39 is 0 Å². The van der Waals surface area contributed by atoms with Gasteiger partial charge in [0.1, 0.15) is 0 Å². The quantitative estimate of drug-likeness (QED) is 0.566. The molecule has 1 rings (SSSR count). The van der Waals surface area contributed by atoms with Crippen LogP contribution in [0.2, 0.25) is 0 Å². The molecule has 0 aliphatic heterocycles. The molecule has 1 amide bonds. The Kier molecular flexibility index (Phi) is 18.4. The zero-order chi connectivity index (χ0) is 19.8. The van der Waals surface area contributed by atoms with Crippen LogP contribution in [0.25, 0.3) is 5.70 Å². The van der Waals surface area contributed by atoms with Crippen LogP contribution < -0.4 is 22.9 Å². The molecule has 26 heavy (non-hydrogen) atoms. The maximum Gasteiger partial charge on any atom is 0.217 e. The van der Waals surface area contributed by atoms with E-state index in [1.807, 2.05) is 58.0 Å². The topological polar surface area (TPSA) is 116 Å². The summed E-state index contributed by atoms with van der Waals surface area (Å²) < 4.78 is 0. The molecule has 0 saturated carbocycles. The number of allylic oxidation sites excluding steroid dienone is 1. The molecule has 0 atom stereocenters. The summed E-state index contributed by atoms with van der Waals surface area (Å²) in [5.41, 5.74) is 15.4. The molecule has 0 fully saturated rings. The Morgan fingerprint density at radius 1 is 1.04 bits per heavy atom. The third-order valence-electron chi connectivity index (χ3n) is 2.99. The highest BCUT2D eigenvalue weighted by atomic mass is 16.1. The minimum atomic E-state index is -0.128. The van der Waals surface area contributed by atoms with Gasteiger partial charge in [0, 0.05) is 19.0 Å². The van der Waals surface area contributed by atoms with E-state index in [1.165, 1.54) is 6.92 Å². The van der Waals surface area contributed by atoms with Crippen LogP contribution in [0.1, 0.15) is 40.2 Å². The van der Waals surface area contributed by atoms with Crippen molar-refractivity contribution in [1.82, 2.24) is 11.5 Å². The largest absolute Gasteiger partial charge is 0.397 e. The van der Waals surface area contributed by atoms with Gasteiger partial charge in [0.2, 0.25) is 5.91 Å². The number of nitrogens with two attached hydrogens (primary N) is 2. The van der Waals surface area contributed by atoms with Crippen LogP contribution in [0.15, 0.2) is 72.5 Å². The van der Waals surface area contributed by atoms with Crippen LogP contribution in [0.4, 0.5) is 0 Å². The second-order valence-corrected chi connectivity index (χ2v) is 4.45. The summed E-state index contributed by atoms with van der Waals surface area (Å²) in [7, 11) is 0. The minimum Gasteiger partial charge on any atom is -0.397 e. The number of benzene rings is 1. The van der Waals surface area contributed by atoms with Gasteiger partial charge in [0.15, 0.2) is 0 Å². The van der Waals surface area contributed by atoms with E-state index in [4.69, 9.17) is 11.5 Å². The molecular weight excluding hydrogens is 324 g/mol. The van der Waals surface area contributed by atoms with E-state index in [9.17, 15) is 4.79 Å². The summed E-state index contributed by atoms with van der Waals surface area (Å²) in [4.78, 5) is 11.0. The molecule has 0 saturated heterocycles. The van der Waals surface area contributed by atoms with E-state index in [0.29, 0.717) is 23.5 Å². The zero-order valence-corrected chi connectivity index (χ0v) is 16.9. The van der Waals surface area contributed by atoms with E-state index in [1.54, 1.807) is 12.2 Å². The molecule has 146 valence electrons. The lowest BCUT2D eigenvalue weighted by Crippen LogP contribution is -2.23. The summed E-state index contributed by atoms with van der Waals surface area (Å²) in [5, 5.41) is 2.71. The summed E-state index contributed by atoms with van der Waals surface area (Å²) in [6.07, 6.45) is 3.25. The normalized spacial score (nSPS) is 10.8. The first-order valence-electron chi connectivity index (χ1n) is 8.54. The molecule has 8 N–H and O–H groups in total. The predicted molar refractivity (Wildman–Crippen MR) is 116 cm³/mol. The molecule has 0 radical (unpaired) electrons. The fourth-order valence-corrected chi connectivity index (χ4v) is 1.83. The van der Waals surface area contributed by atoms with Gasteiger partial charge in [-0.05, 0) is 11.1 Å². The Morgan fingerprint density at radius 3 is 1.92 bits per heavy atom. The molecule has 0 aromatic heterocycles. The number of rotatable bonds is 6. The summed E-state index contributed by atoms with van der Waals surface area (Å²) in [6.45, 7) is 17.3. The Balaban J connectivity index is -0.000000985. The third-order valence-corrected chi connectivity index (χ3v) is 2.99. The van der Waals surface area contributed by atoms with E-state index >= 15 is 0 Å². The first-order chi connectivity index (χ1) is 12.0. The van der Waals surface area contributed by atoms with Crippen molar-refractivity contribution < 1.29 is 4.79 Å². The smallest absolute Gasteiger partial charge is 0.217 e. The van der Waals surface area contributed by atoms with Crippen molar-refractivity contribution in [3.8, 4) is 0 Å². The van der Waals surface area contributed by atoms with Crippen LogP contribution in [0, 0.1) is 0 Å². The van der Waals surface area contributed by atoms with Crippen molar-refractivity contribution in [1.29, 1.82) is 0 Å². The molecule has 0 spiro atoms. The average Bonchev–Trinajstić information content (AvgIpc) is 2.67. The number of nitrogens with one attached hydrogen (secondary N) is 1. The van der Waals surface area contributed by atoms with Gasteiger partial charge in [-0.2, -0.15) is 0 Å². The highest BCUT2D eigenvalue weighted by molar-refractivity contribution is 5.74. The summed E-state index contributed by atoms with van der Waals surface area (Å²) in [5.74, 6) is -0.128. The van der Waals surface area contributed by atoms with Gasteiger partial charge in [-0.1, -0.05) is 83.3 Å². The summed E-state index contributed by atoms with van der Waals surface area (Å²) in [6, 6.07) is 9.44. The summed E-state index contributed by atoms with van der Waals surface area (Å²) >= 11 is 0. The molecule has 0 aliphatic carbocycles.